The molecule has 2 aromatic carbocycles. The van der Waals surface area contributed by atoms with Crippen molar-refractivity contribution in [3.8, 4) is 11.4 Å². The first-order valence-corrected chi connectivity index (χ1v) is 11.5. The summed E-state index contributed by atoms with van der Waals surface area (Å²) in [5, 5.41) is 2.87. The van der Waals surface area contributed by atoms with Crippen molar-refractivity contribution in [1.82, 2.24) is 15.3 Å². The Labute approximate surface area is 203 Å². The molecule has 1 N–H and O–H groups in total. The van der Waals surface area contributed by atoms with Gasteiger partial charge in [0.1, 0.15) is 17.3 Å². The molecule has 4 nitrogen and oxygen atoms in total. The number of unbranched alkanes of at least 4 members (excludes halogenated alkanes) is 1. The zero-order chi connectivity index (χ0) is 24.6. The summed E-state index contributed by atoms with van der Waals surface area (Å²) in [4.78, 5) is 21.8. The monoisotopic (exact) mass is 469 g/mol. The quantitative estimate of drug-likeness (QED) is 0.235. The van der Waals surface area contributed by atoms with Crippen LogP contribution in [-0.4, -0.2) is 22.4 Å². The van der Waals surface area contributed by atoms with E-state index in [0.29, 0.717) is 34.6 Å². The number of pyridine rings is 2. The number of halogens is 2. The zero-order valence-corrected chi connectivity index (χ0v) is 19.3. The van der Waals surface area contributed by atoms with E-state index in [1.54, 1.807) is 72.9 Å². The van der Waals surface area contributed by atoms with Gasteiger partial charge in [-0.15, -0.1) is 0 Å². The highest BCUT2D eigenvalue weighted by Crippen LogP contribution is 2.34. The topological polar surface area (TPSA) is 54.9 Å². The fraction of sp³-hybridized carbons (Fsp3) is 0.138. The molecule has 0 atom stereocenters. The Balaban J connectivity index is 1.92. The number of hydrogen-bond donors (Lipinski definition) is 1. The van der Waals surface area contributed by atoms with Crippen LogP contribution in [0.25, 0.3) is 23.0 Å². The minimum atomic E-state index is -0.455. The fourth-order valence-corrected chi connectivity index (χ4v) is 3.70. The van der Waals surface area contributed by atoms with Crippen LogP contribution in [0.3, 0.4) is 0 Å². The molecule has 2 heterocycles. The molecule has 0 saturated heterocycles. The average Bonchev–Trinajstić information content (AvgIpc) is 2.89. The van der Waals surface area contributed by atoms with E-state index in [-0.39, 0.29) is 17.2 Å². The Morgan fingerprint density at radius 1 is 0.886 bits per heavy atom. The van der Waals surface area contributed by atoms with Crippen molar-refractivity contribution in [1.29, 1.82) is 0 Å². The van der Waals surface area contributed by atoms with Gasteiger partial charge in [0.25, 0.3) is 5.91 Å². The Bertz CT molecular complexity index is 1350. The molecule has 6 heteroatoms. The first kappa shape index (κ1) is 24.0. The first-order valence-electron chi connectivity index (χ1n) is 11.5. The molecule has 0 aliphatic rings. The molecule has 0 saturated carbocycles. The predicted molar refractivity (Wildman–Crippen MR) is 134 cm³/mol. The number of carbonyl (C=O) groups excluding carboxylic acids is 1. The Morgan fingerprint density at radius 3 is 2.34 bits per heavy atom. The zero-order valence-electron chi connectivity index (χ0n) is 19.3. The lowest BCUT2D eigenvalue weighted by Gasteiger charge is -2.15. The lowest BCUT2D eigenvalue weighted by atomic mass is 9.92. The first-order chi connectivity index (χ1) is 17.1. The van der Waals surface area contributed by atoms with E-state index >= 15 is 4.39 Å². The maximum absolute atomic E-state index is 15.0. The molecule has 0 aliphatic carbocycles. The summed E-state index contributed by atoms with van der Waals surface area (Å²) in [6.45, 7) is 2.59. The minimum Gasteiger partial charge on any atom is -0.351 e. The molecule has 0 unspecified atom stereocenters. The second kappa shape index (κ2) is 11.3. The number of nitrogens with one attached hydrogen (secondary N) is 1. The lowest BCUT2D eigenvalue weighted by Crippen LogP contribution is -2.25. The van der Waals surface area contributed by atoms with Gasteiger partial charge in [-0.3, -0.25) is 9.78 Å². The summed E-state index contributed by atoms with van der Waals surface area (Å²) >= 11 is 0. The van der Waals surface area contributed by atoms with Crippen LogP contribution in [0.1, 0.15) is 46.9 Å². The Morgan fingerprint density at radius 2 is 1.63 bits per heavy atom. The molecule has 0 fully saturated rings. The third-order valence-corrected chi connectivity index (χ3v) is 5.51. The fourth-order valence-electron chi connectivity index (χ4n) is 3.70. The third-order valence-electron chi connectivity index (χ3n) is 5.51. The highest BCUT2D eigenvalue weighted by molar-refractivity contribution is 5.98. The third kappa shape index (κ3) is 5.66. The Hall–Kier alpha value is -4.19. The molecule has 1 amide bonds. The van der Waals surface area contributed by atoms with Crippen LogP contribution in [0.15, 0.2) is 85.1 Å². The summed E-state index contributed by atoms with van der Waals surface area (Å²) in [6.07, 6.45) is 5.04. The van der Waals surface area contributed by atoms with Crippen LogP contribution < -0.4 is 5.32 Å². The van der Waals surface area contributed by atoms with Gasteiger partial charge in [-0.1, -0.05) is 55.8 Å². The van der Waals surface area contributed by atoms with Crippen LogP contribution >= 0.6 is 0 Å². The minimum absolute atomic E-state index is 0.226. The predicted octanol–water partition coefficient (Wildman–Crippen LogP) is 6.54. The second-order valence-electron chi connectivity index (χ2n) is 7.98. The van der Waals surface area contributed by atoms with Gasteiger partial charge < -0.3 is 5.32 Å². The molecule has 4 aromatic rings. The van der Waals surface area contributed by atoms with E-state index in [1.165, 1.54) is 12.1 Å². The molecule has 0 aliphatic heterocycles. The van der Waals surface area contributed by atoms with Crippen molar-refractivity contribution in [3.63, 3.8) is 0 Å². The van der Waals surface area contributed by atoms with Crippen LogP contribution in [0, 0.1) is 11.6 Å². The van der Waals surface area contributed by atoms with E-state index in [4.69, 9.17) is 0 Å². The van der Waals surface area contributed by atoms with Gasteiger partial charge in [0.05, 0.1) is 11.4 Å². The number of amides is 1. The smallest absolute Gasteiger partial charge is 0.269 e. The molecule has 2 aromatic heterocycles. The second-order valence-corrected chi connectivity index (χ2v) is 7.98. The summed E-state index contributed by atoms with van der Waals surface area (Å²) in [7, 11) is 0. The van der Waals surface area contributed by atoms with Crippen LogP contribution in [0.2, 0.25) is 0 Å². The standard InChI is InChI=1S/C29H25F2N3O/c1-2-3-17-33-29(35)27-16-15-22(28(34-27)26-14-8-9-18-32-26)23(21-11-5-7-13-25(21)31)19-20-10-4-6-12-24(20)30/h4-16,18-19H,2-3,17H2,1H3,(H,33,35)/b23-19+. The van der Waals surface area contributed by atoms with Gasteiger partial charge in [0.2, 0.25) is 0 Å². The van der Waals surface area contributed by atoms with Gasteiger partial charge in [-0.25, -0.2) is 13.8 Å². The normalized spacial score (nSPS) is 11.3. The average molecular weight is 470 g/mol. The molecular weight excluding hydrogens is 444 g/mol. The molecular formula is C29H25F2N3O. The summed E-state index contributed by atoms with van der Waals surface area (Å²) in [6, 6.07) is 21.3. The number of benzene rings is 2. The van der Waals surface area contributed by atoms with Crippen molar-refractivity contribution in [3.05, 3.63) is 119 Å². The van der Waals surface area contributed by atoms with Crippen LogP contribution in [-0.2, 0) is 0 Å². The number of hydrogen-bond acceptors (Lipinski definition) is 3. The van der Waals surface area contributed by atoms with Crippen molar-refractivity contribution < 1.29 is 13.6 Å². The van der Waals surface area contributed by atoms with E-state index in [1.807, 2.05) is 13.0 Å². The number of carbonyl (C=O) groups is 1. The highest BCUT2D eigenvalue weighted by Gasteiger charge is 2.20. The SMILES string of the molecule is CCCCNC(=O)c1ccc(/C(=C/c2ccccc2F)c2ccccc2F)c(-c2ccccn2)n1. The Kier molecular flexibility index (Phi) is 7.73. The van der Waals surface area contributed by atoms with E-state index in [2.05, 4.69) is 15.3 Å². The van der Waals surface area contributed by atoms with E-state index in [9.17, 15) is 9.18 Å². The number of aromatic nitrogens is 2. The highest BCUT2D eigenvalue weighted by atomic mass is 19.1. The summed E-state index contributed by atoms with van der Waals surface area (Å²) in [5.74, 6) is -1.18. The summed E-state index contributed by atoms with van der Waals surface area (Å²) < 4.78 is 29.6. The van der Waals surface area contributed by atoms with Crippen LogP contribution in [0.4, 0.5) is 8.78 Å². The van der Waals surface area contributed by atoms with Gasteiger partial charge in [0.15, 0.2) is 0 Å². The van der Waals surface area contributed by atoms with Gasteiger partial charge in [-0.05, 0) is 54.5 Å². The van der Waals surface area contributed by atoms with Crippen molar-refractivity contribution in [2.75, 3.05) is 6.54 Å². The van der Waals surface area contributed by atoms with Gasteiger partial charge in [-0.2, -0.15) is 0 Å². The van der Waals surface area contributed by atoms with Gasteiger partial charge in [0, 0.05) is 29.4 Å². The van der Waals surface area contributed by atoms with Crippen molar-refractivity contribution >= 4 is 17.6 Å². The van der Waals surface area contributed by atoms with Crippen molar-refractivity contribution in [2.24, 2.45) is 0 Å². The maximum Gasteiger partial charge on any atom is 0.269 e. The maximum atomic E-state index is 15.0. The summed E-state index contributed by atoms with van der Waals surface area (Å²) in [5.41, 5.74) is 2.70. The number of nitrogens with zero attached hydrogens (tertiary/aromatic N) is 2. The molecule has 35 heavy (non-hydrogen) atoms. The molecule has 176 valence electrons. The largest absolute Gasteiger partial charge is 0.351 e. The van der Waals surface area contributed by atoms with E-state index < -0.39 is 11.6 Å². The van der Waals surface area contributed by atoms with E-state index in [0.717, 1.165) is 12.8 Å². The molecule has 0 spiro atoms. The van der Waals surface area contributed by atoms with Crippen LogP contribution in [0.5, 0.6) is 0 Å². The lowest BCUT2D eigenvalue weighted by molar-refractivity contribution is 0.0948. The molecule has 4 rings (SSSR count). The van der Waals surface area contributed by atoms with Crippen molar-refractivity contribution in [2.45, 2.75) is 19.8 Å². The molecule has 0 bridgehead atoms. The molecule has 0 radical (unpaired) electrons. The number of rotatable bonds is 8. The van der Waals surface area contributed by atoms with Gasteiger partial charge >= 0.3 is 0 Å².